The minimum absolute atomic E-state index is 0.820. The van der Waals surface area contributed by atoms with E-state index in [0.29, 0.717) is 0 Å². The molecule has 0 aliphatic rings. The molecule has 0 aliphatic carbocycles. The zero-order valence-electron chi connectivity index (χ0n) is 7.15. The standard InChI is InChI=1S/C8H9N3S2/c1-6-8(13-11-10-6)4-9-7-2-3-12-5-7/h2-3,5,9H,4H2,1H3. The lowest BCUT2D eigenvalue weighted by Crippen LogP contribution is -1.97. The second kappa shape index (κ2) is 3.85. The molecule has 0 aliphatic heterocycles. The molecular formula is C8H9N3S2. The lowest BCUT2D eigenvalue weighted by atomic mass is 10.4. The Labute approximate surface area is 84.6 Å². The molecule has 2 aromatic heterocycles. The molecule has 3 nitrogen and oxygen atoms in total. The Hall–Kier alpha value is -0.940. The summed E-state index contributed by atoms with van der Waals surface area (Å²) in [4.78, 5) is 1.20. The molecule has 5 heteroatoms. The molecular weight excluding hydrogens is 202 g/mol. The first kappa shape index (κ1) is 8.65. The third kappa shape index (κ3) is 2.05. The van der Waals surface area contributed by atoms with Gasteiger partial charge in [-0.3, -0.25) is 0 Å². The molecule has 0 saturated carbocycles. The summed E-state index contributed by atoms with van der Waals surface area (Å²) in [6.07, 6.45) is 0. The van der Waals surface area contributed by atoms with Crippen LogP contribution < -0.4 is 5.32 Å². The third-order valence-electron chi connectivity index (χ3n) is 1.72. The molecule has 68 valence electrons. The molecule has 0 radical (unpaired) electrons. The number of aryl methyl sites for hydroxylation is 1. The van der Waals surface area contributed by atoms with Crippen molar-refractivity contribution in [3.05, 3.63) is 27.4 Å². The molecule has 0 saturated heterocycles. The van der Waals surface area contributed by atoms with Crippen molar-refractivity contribution >= 4 is 28.6 Å². The van der Waals surface area contributed by atoms with Crippen LogP contribution in [0.25, 0.3) is 0 Å². The van der Waals surface area contributed by atoms with E-state index in [2.05, 4.69) is 31.7 Å². The smallest absolute Gasteiger partial charge is 0.0774 e. The quantitative estimate of drug-likeness (QED) is 0.847. The van der Waals surface area contributed by atoms with Gasteiger partial charge in [0.15, 0.2) is 0 Å². The van der Waals surface area contributed by atoms with Gasteiger partial charge in [0.2, 0.25) is 0 Å². The first-order chi connectivity index (χ1) is 6.36. The number of nitrogens with zero attached hydrogens (tertiary/aromatic N) is 2. The summed E-state index contributed by atoms with van der Waals surface area (Å²) in [6.45, 7) is 2.80. The van der Waals surface area contributed by atoms with Gasteiger partial charge in [-0.05, 0) is 29.9 Å². The number of hydrogen-bond donors (Lipinski definition) is 1. The van der Waals surface area contributed by atoms with Crippen molar-refractivity contribution in [3.8, 4) is 0 Å². The fourth-order valence-electron chi connectivity index (χ4n) is 0.960. The molecule has 1 N–H and O–H groups in total. The third-order valence-corrected chi connectivity index (χ3v) is 3.23. The first-order valence-electron chi connectivity index (χ1n) is 3.90. The second-order valence-electron chi connectivity index (χ2n) is 2.65. The summed E-state index contributed by atoms with van der Waals surface area (Å²) >= 11 is 3.14. The Morgan fingerprint density at radius 3 is 3.08 bits per heavy atom. The maximum absolute atomic E-state index is 3.95. The van der Waals surface area contributed by atoms with Crippen molar-refractivity contribution in [2.24, 2.45) is 0 Å². The second-order valence-corrected chi connectivity index (χ2v) is 4.27. The van der Waals surface area contributed by atoms with Crippen molar-refractivity contribution < 1.29 is 0 Å². The molecule has 2 heterocycles. The van der Waals surface area contributed by atoms with Crippen LogP contribution in [0.3, 0.4) is 0 Å². The van der Waals surface area contributed by atoms with Gasteiger partial charge in [0.05, 0.1) is 17.1 Å². The maximum atomic E-state index is 3.95. The minimum Gasteiger partial charge on any atom is -0.379 e. The number of hydrogen-bond acceptors (Lipinski definition) is 5. The van der Waals surface area contributed by atoms with Crippen LogP contribution in [0.4, 0.5) is 5.69 Å². The van der Waals surface area contributed by atoms with Gasteiger partial charge in [-0.2, -0.15) is 11.3 Å². The fraction of sp³-hybridized carbons (Fsp3) is 0.250. The van der Waals surface area contributed by atoms with Crippen LogP contribution in [0.1, 0.15) is 10.6 Å². The zero-order chi connectivity index (χ0) is 9.10. The monoisotopic (exact) mass is 211 g/mol. The number of thiophene rings is 1. The van der Waals surface area contributed by atoms with E-state index in [0.717, 1.165) is 17.9 Å². The highest BCUT2D eigenvalue weighted by molar-refractivity contribution is 7.08. The highest BCUT2D eigenvalue weighted by Crippen LogP contribution is 2.15. The minimum atomic E-state index is 0.820. The van der Waals surface area contributed by atoms with Crippen LogP contribution in [-0.2, 0) is 6.54 Å². The fourth-order valence-corrected chi connectivity index (χ4v) is 2.14. The molecule has 0 aromatic carbocycles. The predicted octanol–water partition coefficient (Wildman–Crippen LogP) is 2.52. The average Bonchev–Trinajstić information content (AvgIpc) is 2.72. The van der Waals surface area contributed by atoms with Gasteiger partial charge < -0.3 is 5.32 Å². The van der Waals surface area contributed by atoms with Gasteiger partial charge in [0, 0.05) is 11.1 Å². The Morgan fingerprint density at radius 1 is 1.54 bits per heavy atom. The van der Waals surface area contributed by atoms with Crippen LogP contribution >= 0.6 is 22.9 Å². The van der Waals surface area contributed by atoms with Gasteiger partial charge in [-0.15, -0.1) is 5.10 Å². The Morgan fingerprint density at radius 2 is 2.46 bits per heavy atom. The van der Waals surface area contributed by atoms with Gasteiger partial charge in [0.25, 0.3) is 0 Å². The number of aromatic nitrogens is 2. The molecule has 0 atom stereocenters. The van der Waals surface area contributed by atoms with Gasteiger partial charge >= 0.3 is 0 Å². The zero-order valence-corrected chi connectivity index (χ0v) is 8.78. The van der Waals surface area contributed by atoms with Crippen molar-refractivity contribution in [2.75, 3.05) is 5.32 Å². The summed E-state index contributed by atoms with van der Waals surface area (Å²) in [5, 5.41) is 11.4. The highest BCUT2D eigenvalue weighted by atomic mass is 32.1. The number of rotatable bonds is 3. The Balaban J connectivity index is 1.97. The summed E-state index contributed by atoms with van der Waals surface area (Å²) in [5.41, 5.74) is 2.19. The molecule has 0 fully saturated rings. The molecule has 2 aromatic rings. The summed E-state index contributed by atoms with van der Waals surface area (Å²) in [6, 6.07) is 2.06. The average molecular weight is 211 g/mol. The lowest BCUT2D eigenvalue weighted by molar-refractivity contribution is 1.05. The van der Waals surface area contributed by atoms with E-state index in [1.165, 1.54) is 16.4 Å². The van der Waals surface area contributed by atoms with Crippen molar-refractivity contribution in [1.29, 1.82) is 0 Å². The van der Waals surface area contributed by atoms with Gasteiger partial charge in [-0.25, -0.2) is 0 Å². The number of nitrogens with one attached hydrogen (secondary N) is 1. The SMILES string of the molecule is Cc1nnsc1CNc1ccsc1. The normalized spacial score (nSPS) is 10.2. The largest absolute Gasteiger partial charge is 0.379 e. The molecule has 0 unspecified atom stereocenters. The van der Waals surface area contributed by atoms with E-state index in [1.54, 1.807) is 11.3 Å². The molecule has 0 amide bonds. The van der Waals surface area contributed by atoms with Crippen LogP contribution in [0.15, 0.2) is 16.8 Å². The molecule has 13 heavy (non-hydrogen) atoms. The van der Waals surface area contributed by atoms with E-state index < -0.39 is 0 Å². The first-order valence-corrected chi connectivity index (χ1v) is 5.62. The maximum Gasteiger partial charge on any atom is 0.0774 e. The van der Waals surface area contributed by atoms with Crippen molar-refractivity contribution in [1.82, 2.24) is 9.59 Å². The topological polar surface area (TPSA) is 37.8 Å². The van der Waals surface area contributed by atoms with E-state index in [-0.39, 0.29) is 0 Å². The highest BCUT2D eigenvalue weighted by Gasteiger charge is 2.01. The van der Waals surface area contributed by atoms with Crippen molar-refractivity contribution in [3.63, 3.8) is 0 Å². The summed E-state index contributed by atoms with van der Waals surface area (Å²) < 4.78 is 3.88. The van der Waals surface area contributed by atoms with Gasteiger partial charge in [0.1, 0.15) is 0 Å². The number of anilines is 1. The summed E-state index contributed by atoms with van der Waals surface area (Å²) in [5.74, 6) is 0. The molecule has 0 spiro atoms. The van der Waals surface area contributed by atoms with E-state index >= 15 is 0 Å². The van der Waals surface area contributed by atoms with Crippen LogP contribution in [0.2, 0.25) is 0 Å². The van der Waals surface area contributed by atoms with Crippen LogP contribution in [0, 0.1) is 6.92 Å². The molecule has 0 bridgehead atoms. The summed E-state index contributed by atoms with van der Waals surface area (Å²) in [7, 11) is 0. The van der Waals surface area contributed by atoms with E-state index in [4.69, 9.17) is 0 Å². The Bertz CT molecular complexity index is 366. The van der Waals surface area contributed by atoms with Crippen LogP contribution in [0.5, 0.6) is 0 Å². The van der Waals surface area contributed by atoms with Crippen molar-refractivity contribution in [2.45, 2.75) is 13.5 Å². The molecule has 2 rings (SSSR count). The van der Waals surface area contributed by atoms with E-state index in [9.17, 15) is 0 Å². The van der Waals surface area contributed by atoms with Crippen LogP contribution in [-0.4, -0.2) is 9.59 Å². The predicted molar refractivity (Wildman–Crippen MR) is 56.3 cm³/mol. The lowest BCUT2D eigenvalue weighted by Gasteiger charge is -2.00. The van der Waals surface area contributed by atoms with Gasteiger partial charge in [-0.1, -0.05) is 4.49 Å². The Kier molecular flexibility index (Phi) is 2.56. The van der Waals surface area contributed by atoms with E-state index in [1.807, 2.05) is 6.92 Å².